The lowest BCUT2D eigenvalue weighted by molar-refractivity contribution is 0.447. The Bertz CT molecular complexity index is 3460. The molecule has 2 nitrogen and oxygen atoms in total. The lowest BCUT2D eigenvalue weighted by Crippen LogP contribution is -2.32. The Balaban J connectivity index is 1.08. The molecule has 1 aromatic heterocycles. The predicted octanol–water partition coefficient (Wildman–Crippen LogP) is 16.0. The molecule has 10 aromatic carbocycles. The summed E-state index contributed by atoms with van der Waals surface area (Å²) in [5, 5.41) is 7.14. The first-order valence-corrected chi connectivity index (χ1v) is 21.4. The summed E-state index contributed by atoms with van der Waals surface area (Å²) in [6, 6.07) is 77.9. The van der Waals surface area contributed by atoms with E-state index in [1.165, 1.54) is 81.1 Å². The van der Waals surface area contributed by atoms with Gasteiger partial charge in [0.05, 0.1) is 11.1 Å². The fourth-order valence-electron chi connectivity index (χ4n) is 10.5. The molecule has 3 heteroatoms. The van der Waals surface area contributed by atoms with Gasteiger partial charge >= 0.3 is 0 Å². The fourth-order valence-corrected chi connectivity index (χ4v) is 11.6. The Morgan fingerprint density at radius 1 is 0.400 bits per heavy atom. The molecule has 1 aliphatic heterocycles. The second kappa shape index (κ2) is 12.8. The zero-order chi connectivity index (χ0) is 39.4. The number of hydrogen-bond acceptors (Lipinski definition) is 3. The van der Waals surface area contributed by atoms with E-state index in [-0.39, 0.29) is 0 Å². The molecule has 0 saturated carbocycles. The van der Waals surface area contributed by atoms with E-state index in [9.17, 15) is 0 Å². The monoisotopic (exact) mass is 781 g/mol. The highest BCUT2D eigenvalue weighted by Gasteiger charge is 2.52. The van der Waals surface area contributed by atoms with E-state index < -0.39 is 5.41 Å². The van der Waals surface area contributed by atoms with Crippen LogP contribution in [0.15, 0.2) is 212 Å². The van der Waals surface area contributed by atoms with Gasteiger partial charge in [0.15, 0.2) is 0 Å². The average molecular weight is 782 g/mol. The van der Waals surface area contributed by atoms with Gasteiger partial charge in [0, 0.05) is 53.4 Å². The first-order valence-electron chi connectivity index (χ1n) is 20.6. The SMILES string of the molecule is c1ccc(N(c2cccc(-c3cccc4c3-c3ccccc3C43c4ccc5ccccc5c4Oc4c3ccc3ccccc43)c2)c2cccc3sc4ccccc4c23)cc1. The zero-order valence-corrected chi connectivity index (χ0v) is 33.3. The molecule has 0 amide bonds. The topological polar surface area (TPSA) is 12.5 Å². The van der Waals surface area contributed by atoms with Gasteiger partial charge in [0.1, 0.15) is 11.5 Å². The standard InChI is InChI=1S/C57H35NOS/c1-2-18-39(19-3-1)58(50-28-14-30-52-54(50)45-24-9-11-29-51(45)60-52)40-20-12-17-38(35-40)41-25-13-27-47-53(41)44-23-8-10-26-46(44)57(47)48-33-31-36-15-4-6-21-42(36)55(48)59-56-43-22-7-5-16-37(43)32-34-49(56)57/h1-35H. The Kier molecular flexibility index (Phi) is 7.13. The maximum absolute atomic E-state index is 7.21. The van der Waals surface area contributed by atoms with Crippen LogP contribution >= 0.6 is 11.3 Å². The van der Waals surface area contributed by atoms with Gasteiger partial charge in [-0.3, -0.25) is 0 Å². The van der Waals surface area contributed by atoms with Crippen LogP contribution in [-0.4, -0.2) is 0 Å². The van der Waals surface area contributed by atoms with Gasteiger partial charge in [-0.25, -0.2) is 0 Å². The van der Waals surface area contributed by atoms with Crippen molar-refractivity contribution in [1.29, 1.82) is 0 Å². The van der Waals surface area contributed by atoms with Crippen molar-refractivity contribution in [3.8, 4) is 33.8 Å². The Labute approximate surface area is 351 Å². The minimum absolute atomic E-state index is 0.609. The van der Waals surface area contributed by atoms with E-state index in [4.69, 9.17) is 4.74 Å². The molecule has 0 unspecified atom stereocenters. The Hall–Kier alpha value is -7.46. The van der Waals surface area contributed by atoms with Crippen LogP contribution < -0.4 is 9.64 Å². The smallest absolute Gasteiger partial charge is 0.140 e. The van der Waals surface area contributed by atoms with E-state index in [1.807, 2.05) is 11.3 Å². The maximum Gasteiger partial charge on any atom is 0.140 e. The lowest BCUT2D eigenvalue weighted by atomic mass is 9.65. The van der Waals surface area contributed by atoms with Crippen LogP contribution in [0.4, 0.5) is 17.1 Å². The molecule has 0 atom stereocenters. The minimum Gasteiger partial charge on any atom is -0.455 e. The van der Waals surface area contributed by atoms with Crippen LogP contribution in [0.2, 0.25) is 0 Å². The largest absolute Gasteiger partial charge is 0.455 e. The van der Waals surface area contributed by atoms with Gasteiger partial charge in [-0.2, -0.15) is 0 Å². The normalized spacial score (nSPS) is 13.3. The van der Waals surface area contributed by atoms with E-state index in [2.05, 4.69) is 217 Å². The average Bonchev–Trinajstić information content (AvgIpc) is 3.84. The Morgan fingerprint density at radius 3 is 1.77 bits per heavy atom. The highest BCUT2D eigenvalue weighted by molar-refractivity contribution is 7.26. The van der Waals surface area contributed by atoms with Crippen molar-refractivity contribution in [3.63, 3.8) is 0 Å². The van der Waals surface area contributed by atoms with Crippen LogP contribution in [-0.2, 0) is 5.41 Å². The summed E-state index contributed by atoms with van der Waals surface area (Å²) in [7, 11) is 0. The first kappa shape index (κ1) is 33.5. The predicted molar refractivity (Wildman–Crippen MR) is 252 cm³/mol. The van der Waals surface area contributed by atoms with Crippen LogP contribution in [0.5, 0.6) is 11.5 Å². The molecule has 2 aliphatic rings. The van der Waals surface area contributed by atoms with Crippen molar-refractivity contribution in [2.45, 2.75) is 5.41 Å². The summed E-state index contributed by atoms with van der Waals surface area (Å²) in [4.78, 5) is 2.44. The van der Waals surface area contributed by atoms with Crippen molar-refractivity contribution in [3.05, 3.63) is 235 Å². The Morgan fingerprint density at radius 2 is 0.983 bits per heavy atom. The van der Waals surface area contributed by atoms with E-state index in [0.29, 0.717) is 0 Å². The molecule has 2 heterocycles. The molecular formula is C57H35NOS. The molecule has 13 rings (SSSR count). The van der Waals surface area contributed by atoms with Gasteiger partial charge in [-0.1, -0.05) is 170 Å². The van der Waals surface area contributed by atoms with Crippen molar-refractivity contribution in [2.75, 3.05) is 4.90 Å². The molecule has 1 aliphatic carbocycles. The summed E-state index contributed by atoms with van der Waals surface area (Å²) in [6.07, 6.45) is 0. The van der Waals surface area contributed by atoms with Crippen LogP contribution in [0.3, 0.4) is 0 Å². The van der Waals surface area contributed by atoms with Crippen LogP contribution in [0, 0.1) is 0 Å². The number of ether oxygens (including phenoxy) is 1. The third-order valence-corrected chi connectivity index (χ3v) is 14.0. The third-order valence-electron chi connectivity index (χ3n) is 12.9. The summed E-state index contributed by atoms with van der Waals surface area (Å²) in [6.45, 7) is 0. The molecular weight excluding hydrogens is 747 g/mol. The third kappa shape index (κ3) is 4.58. The van der Waals surface area contributed by atoms with E-state index in [0.717, 1.165) is 33.6 Å². The van der Waals surface area contributed by atoms with Gasteiger partial charge < -0.3 is 9.64 Å². The van der Waals surface area contributed by atoms with Crippen molar-refractivity contribution in [1.82, 2.24) is 0 Å². The highest BCUT2D eigenvalue weighted by Crippen LogP contribution is 2.65. The molecule has 11 aromatic rings. The number of rotatable bonds is 4. The molecule has 0 radical (unpaired) electrons. The van der Waals surface area contributed by atoms with Gasteiger partial charge in [-0.05, 0) is 86.6 Å². The number of nitrogens with zero attached hydrogens (tertiary/aromatic N) is 1. The molecule has 280 valence electrons. The highest BCUT2D eigenvalue weighted by atomic mass is 32.1. The fraction of sp³-hybridized carbons (Fsp3) is 0.0175. The number of hydrogen-bond donors (Lipinski definition) is 0. The maximum atomic E-state index is 7.21. The summed E-state index contributed by atoms with van der Waals surface area (Å²) >= 11 is 1.86. The van der Waals surface area contributed by atoms with Crippen molar-refractivity contribution < 1.29 is 4.74 Å². The summed E-state index contributed by atoms with van der Waals surface area (Å²) in [5.41, 5.74) is 12.6. The second-order valence-corrected chi connectivity index (χ2v) is 17.0. The molecule has 0 N–H and O–H groups in total. The molecule has 0 fully saturated rings. The number of benzene rings is 10. The lowest BCUT2D eigenvalue weighted by Gasteiger charge is -2.40. The number of para-hydroxylation sites is 1. The zero-order valence-electron chi connectivity index (χ0n) is 32.5. The molecule has 60 heavy (non-hydrogen) atoms. The molecule has 1 spiro atoms. The van der Waals surface area contributed by atoms with Crippen molar-refractivity contribution in [2.24, 2.45) is 0 Å². The number of thiophene rings is 1. The van der Waals surface area contributed by atoms with E-state index in [1.54, 1.807) is 0 Å². The first-order chi connectivity index (χ1) is 29.8. The van der Waals surface area contributed by atoms with Crippen LogP contribution in [0.1, 0.15) is 22.3 Å². The van der Waals surface area contributed by atoms with Crippen LogP contribution in [0.25, 0.3) is 64.0 Å². The van der Waals surface area contributed by atoms with Gasteiger partial charge in [-0.15, -0.1) is 11.3 Å². The van der Waals surface area contributed by atoms with Gasteiger partial charge in [0.2, 0.25) is 0 Å². The number of fused-ring (bicyclic) bond motifs is 16. The summed E-state index contributed by atoms with van der Waals surface area (Å²) in [5.74, 6) is 1.86. The quantitative estimate of drug-likeness (QED) is 0.176. The number of anilines is 3. The summed E-state index contributed by atoms with van der Waals surface area (Å²) < 4.78 is 9.79. The van der Waals surface area contributed by atoms with Crippen molar-refractivity contribution >= 4 is 70.1 Å². The minimum atomic E-state index is -0.609. The van der Waals surface area contributed by atoms with Gasteiger partial charge in [0.25, 0.3) is 0 Å². The second-order valence-electron chi connectivity index (χ2n) is 15.9. The van der Waals surface area contributed by atoms with E-state index >= 15 is 0 Å². The molecule has 0 bridgehead atoms. The molecule has 0 saturated heterocycles.